The fourth-order valence-corrected chi connectivity index (χ4v) is 2.20. The Labute approximate surface area is 141 Å². The molecule has 0 aliphatic heterocycles. The molecule has 0 atom stereocenters. The first-order valence-corrected chi connectivity index (χ1v) is 7.75. The van der Waals surface area contributed by atoms with Crippen LogP contribution in [0, 0.1) is 0 Å². The van der Waals surface area contributed by atoms with Crippen molar-refractivity contribution in [3.63, 3.8) is 0 Å². The maximum Gasteiger partial charge on any atom is 0.321 e. The van der Waals surface area contributed by atoms with E-state index in [-0.39, 0.29) is 12.3 Å². The van der Waals surface area contributed by atoms with E-state index in [1.165, 1.54) is 5.56 Å². The molecule has 24 heavy (non-hydrogen) atoms. The summed E-state index contributed by atoms with van der Waals surface area (Å²) >= 11 is 0. The molecule has 126 valence electrons. The number of rotatable bonds is 7. The molecule has 0 spiro atoms. The zero-order chi connectivity index (χ0) is 17.4. The number of primary amides is 1. The van der Waals surface area contributed by atoms with Crippen LogP contribution >= 0.6 is 0 Å². The Bertz CT molecular complexity index is 699. The van der Waals surface area contributed by atoms with Crippen LogP contribution in [-0.4, -0.2) is 18.7 Å². The van der Waals surface area contributed by atoms with Crippen LogP contribution in [0.2, 0.25) is 0 Å². The highest BCUT2D eigenvalue weighted by Crippen LogP contribution is 2.14. The summed E-state index contributed by atoms with van der Waals surface area (Å²) in [5.41, 5.74) is 7.12. The average molecular weight is 327 g/mol. The Morgan fingerprint density at radius 1 is 1.08 bits per heavy atom. The van der Waals surface area contributed by atoms with Gasteiger partial charge in [0.15, 0.2) is 6.73 Å². The third-order valence-electron chi connectivity index (χ3n) is 3.37. The number of aryl methyl sites for hydroxylation is 1. The lowest BCUT2D eigenvalue weighted by Crippen LogP contribution is -2.32. The number of nitrogens with one attached hydrogen (secondary N) is 2. The van der Waals surface area contributed by atoms with Crippen molar-refractivity contribution in [1.29, 1.82) is 0 Å². The summed E-state index contributed by atoms with van der Waals surface area (Å²) in [6.07, 6.45) is 2.12. The minimum atomic E-state index is -0.602. The maximum atomic E-state index is 11.9. The molecule has 2 aromatic rings. The van der Waals surface area contributed by atoms with E-state index < -0.39 is 11.9 Å². The number of ether oxygens (including phenoxy) is 1. The van der Waals surface area contributed by atoms with Crippen molar-refractivity contribution >= 4 is 17.6 Å². The Morgan fingerprint density at radius 3 is 2.46 bits per heavy atom. The number of carbonyl (C=O) groups excluding carboxylic acids is 2. The first kappa shape index (κ1) is 17.3. The summed E-state index contributed by atoms with van der Waals surface area (Å²) in [5, 5.41) is 5.13. The number of carbonyl (C=O) groups is 2. The van der Waals surface area contributed by atoms with E-state index in [2.05, 4.69) is 17.6 Å². The van der Waals surface area contributed by atoms with Crippen LogP contribution in [0.25, 0.3) is 0 Å². The van der Waals surface area contributed by atoms with E-state index in [1.54, 1.807) is 24.3 Å². The number of anilines is 1. The molecule has 2 rings (SSSR count). The monoisotopic (exact) mass is 327 g/mol. The molecule has 6 heteroatoms. The lowest BCUT2D eigenvalue weighted by molar-refractivity contribution is 0.100. The van der Waals surface area contributed by atoms with E-state index in [0.29, 0.717) is 11.4 Å². The molecule has 0 radical (unpaired) electrons. The molecule has 4 N–H and O–H groups in total. The molecule has 0 aromatic heterocycles. The van der Waals surface area contributed by atoms with Gasteiger partial charge in [-0.1, -0.05) is 37.6 Å². The second-order valence-electron chi connectivity index (χ2n) is 5.22. The smallest absolute Gasteiger partial charge is 0.321 e. The van der Waals surface area contributed by atoms with E-state index in [1.807, 2.05) is 24.3 Å². The predicted molar refractivity (Wildman–Crippen MR) is 93.0 cm³/mol. The van der Waals surface area contributed by atoms with Gasteiger partial charge in [-0.3, -0.25) is 4.79 Å². The Kier molecular flexibility index (Phi) is 6.19. The minimum absolute atomic E-state index is 0.0116. The molecule has 0 aliphatic carbocycles. The quantitative estimate of drug-likeness (QED) is 0.683. The van der Waals surface area contributed by atoms with Crippen LogP contribution in [0.15, 0.2) is 48.5 Å². The van der Waals surface area contributed by atoms with Gasteiger partial charge in [-0.25, -0.2) is 4.79 Å². The van der Waals surface area contributed by atoms with Gasteiger partial charge in [-0.05, 0) is 36.2 Å². The largest absolute Gasteiger partial charge is 0.473 e. The standard InChI is InChI=1S/C18H21N3O3/c1-2-5-13-8-10-14(11-9-13)24-12-20-18(23)21-16-7-4-3-6-15(16)17(19)22/h3-4,6-11H,2,5,12H2,1H3,(H2,19,22)(H2,20,21,23). The van der Waals surface area contributed by atoms with E-state index >= 15 is 0 Å². The van der Waals surface area contributed by atoms with Gasteiger partial charge in [-0.2, -0.15) is 0 Å². The van der Waals surface area contributed by atoms with Gasteiger partial charge in [0.2, 0.25) is 0 Å². The second-order valence-corrected chi connectivity index (χ2v) is 5.22. The van der Waals surface area contributed by atoms with Gasteiger partial charge in [0.1, 0.15) is 5.75 Å². The first-order chi connectivity index (χ1) is 11.6. The normalized spacial score (nSPS) is 10.0. The lowest BCUT2D eigenvalue weighted by Gasteiger charge is -2.11. The molecular formula is C18H21N3O3. The molecular weight excluding hydrogens is 306 g/mol. The number of benzene rings is 2. The molecule has 0 unspecified atom stereocenters. The topological polar surface area (TPSA) is 93.4 Å². The molecule has 0 heterocycles. The van der Waals surface area contributed by atoms with Crippen LogP contribution in [0.5, 0.6) is 5.75 Å². The molecule has 0 fully saturated rings. The Morgan fingerprint density at radius 2 is 1.79 bits per heavy atom. The highest BCUT2D eigenvalue weighted by molar-refractivity contribution is 6.02. The molecule has 2 aromatic carbocycles. The third kappa shape index (κ3) is 5.01. The number of amides is 3. The molecule has 6 nitrogen and oxygen atoms in total. The van der Waals surface area contributed by atoms with Crippen molar-refractivity contribution in [2.75, 3.05) is 12.0 Å². The number of urea groups is 1. The third-order valence-corrected chi connectivity index (χ3v) is 3.37. The molecule has 3 amide bonds. The first-order valence-electron chi connectivity index (χ1n) is 7.75. The van der Waals surface area contributed by atoms with E-state index in [9.17, 15) is 9.59 Å². The minimum Gasteiger partial charge on any atom is -0.473 e. The van der Waals surface area contributed by atoms with Crippen LogP contribution < -0.4 is 21.1 Å². The highest BCUT2D eigenvalue weighted by Gasteiger charge is 2.09. The summed E-state index contributed by atoms with van der Waals surface area (Å²) in [7, 11) is 0. The van der Waals surface area contributed by atoms with Crippen molar-refractivity contribution in [2.45, 2.75) is 19.8 Å². The number of para-hydroxylation sites is 1. The zero-order valence-electron chi connectivity index (χ0n) is 13.5. The van der Waals surface area contributed by atoms with E-state index in [4.69, 9.17) is 10.5 Å². The summed E-state index contributed by atoms with van der Waals surface area (Å²) < 4.78 is 5.46. The maximum absolute atomic E-state index is 11.9. The van der Waals surface area contributed by atoms with E-state index in [0.717, 1.165) is 12.8 Å². The predicted octanol–water partition coefficient (Wildman–Crippen LogP) is 2.90. The summed E-state index contributed by atoms with van der Waals surface area (Å²) in [6, 6.07) is 13.8. The molecule has 0 saturated carbocycles. The fourth-order valence-electron chi connectivity index (χ4n) is 2.20. The molecule has 0 aliphatic rings. The van der Waals surface area contributed by atoms with Crippen LogP contribution in [-0.2, 0) is 6.42 Å². The highest BCUT2D eigenvalue weighted by atomic mass is 16.5. The number of hydrogen-bond donors (Lipinski definition) is 3. The van der Waals surface area contributed by atoms with Crippen LogP contribution in [0.1, 0.15) is 29.3 Å². The van der Waals surface area contributed by atoms with Crippen molar-refractivity contribution < 1.29 is 14.3 Å². The fraction of sp³-hybridized carbons (Fsp3) is 0.222. The van der Waals surface area contributed by atoms with Gasteiger partial charge >= 0.3 is 6.03 Å². The zero-order valence-corrected chi connectivity index (χ0v) is 13.5. The van der Waals surface area contributed by atoms with Gasteiger partial charge in [-0.15, -0.1) is 0 Å². The van der Waals surface area contributed by atoms with Crippen LogP contribution in [0.4, 0.5) is 10.5 Å². The SMILES string of the molecule is CCCc1ccc(OCNC(=O)Nc2ccccc2C(N)=O)cc1. The van der Waals surface area contributed by atoms with Gasteiger partial charge in [0, 0.05) is 0 Å². The molecule has 0 bridgehead atoms. The van der Waals surface area contributed by atoms with Crippen molar-refractivity contribution in [2.24, 2.45) is 5.73 Å². The van der Waals surface area contributed by atoms with Gasteiger partial charge in [0.25, 0.3) is 5.91 Å². The number of nitrogens with two attached hydrogens (primary N) is 1. The molecule has 0 saturated heterocycles. The Hall–Kier alpha value is -3.02. The van der Waals surface area contributed by atoms with Crippen molar-refractivity contribution in [3.8, 4) is 5.75 Å². The Balaban J connectivity index is 1.82. The summed E-state index contributed by atoms with van der Waals surface area (Å²) in [5.74, 6) is 0.0713. The van der Waals surface area contributed by atoms with Crippen LogP contribution in [0.3, 0.4) is 0 Å². The van der Waals surface area contributed by atoms with Crippen molar-refractivity contribution in [3.05, 3.63) is 59.7 Å². The van der Waals surface area contributed by atoms with Crippen molar-refractivity contribution in [1.82, 2.24) is 5.32 Å². The summed E-state index contributed by atoms with van der Waals surface area (Å²) in [4.78, 5) is 23.2. The number of hydrogen-bond acceptors (Lipinski definition) is 3. The summed E-state index contributed by atoms with van der Waals surface area (Å²) in [6.45, 7) is 2.14. The van der Waals surface area contributed by atoms with Gasteiger partial charge in [0.05, 0.1) is 11.3 Å². The lowest BCUT2D eigenvalue weighted by atomic mass is 10.1. The average Bonchev–Trinajstić information content (AvgIpc) is 2.57. The second kappa shape index (κ2) is 8.57. The van der Waals surface area contributed by atoms with Gasteiger partial charge < -0.3 is 21.1 Å².